The van der Waals surface area contributed by atoms with E-state index in [9.17, 15) is 18.0 Å². The first-order valence-electron chi connectivity index (χ1n) is 12.8. The molecule has 2 atom stereocenters. The van der Waals surface area contributed by atoms with E-state index in [1.165, 1.54) is 5.92 Å². The van der Waals surface area contributed by atoms with E-state index in [2.05, 4.69) is 11.2 Å². The molecule has 5 nitrogen and oxygen atoms in total. The molecule has 0 saturated carbocycles. The summed E-state index contributed by atoms with van der Waals surface area (Å²) in [6.45, 7) is 9.85. The van der Waals surface area contributed by atoms with Gasteiger partial charge >= 0.3 is 12.3 Å². The van der Waals surface area contributed by atoms with Gasteiger partial charge in [0.25, 0.3) is 0 Å². The fourth-order valence-electron chi connectivity index (χ4n) is 4.64. The van der Waals surface area contributed by atoms with Gasteiger partial charge in [-0.1, -0.05) is 42.3 Å². The number of rotatable bonds is 6. The lowest BCUT2D eigenvalue weighted by Crippen LogP contribution is -2.51. The summed E-state index contributed by atoms with van der Waals surface area (Å²) in [6.07, 6.45) is -3.27. The molecule has 0 spiro atoms. The number of methoxy groups -OCH3 is 1. The molecule has 8 heteroatoms. The number of hydrogen-bond donors (Lipinski definition) is 1. The van der Waals surface area contributed by atoms with Crippen molar-refractivity contribution in [2.45, 2.75) is 83.3 Å². The molecule has 1 heterocycles. The van der Waals surface area contributed by atoms with Gasteiger partial charge in [0.1, 0.15) is 11.4 Å². The Balaban J connectivity index is 1.89. The molecule has 206 valence electrons. The summed E-state index contributed by atoms with van der Waals surface area (Å²) in [6, 6.07) is 14.9. The molecule has 1 saturated heterocycles. The van der Waals surface area contributed by atoms with Crippen molar-refractivity contribution >= 4 is 6.09 Å². The van der Waals surface area contributed by atoms with Crippen LogP contribution >= 0.6 is 0 Å². The number of nitrogens with one attached hydrogen (secondary N) is 1. The van der Waals surface area contributed by atoms with Gasteiger partial charge < -0.3 is 14.8 Å². The third kappa shape index (κ3) is 7.91. The van der Waals surface area contributed by atoms with Gasteiger partial charge in [-0.25, -0.2) is 4.79 Å². The van der Waals surface area contributed by atoms with Crippen LogP contribution in [0.4, 0.5) is 18.0 Å². The van der Waals surface area contributed by atoms with Gasteiger partial charge in [0, 0.05) is 30.6 Å². The third-order valence-electron chi connectivity index (χ3n) is 6.47. The molecule has 2 aromatic rings. The van der Waals surface area contributed by atoms with Crippen LogP contribution in [0.3, 0.4) is 0 Å². The van der Waals surface area contributed by atoms with E-state index in [1.54, 1.807) is 38.0 Å². The molecule has 1 aliphatic rings. The number of hydrogen-bond acceptors (Lipinski definition) is 4. The van der Waals surface area contributed by atoms with Crippen LogP contribution in [-0.2, 0) is 16.7 Å². The quantitative estimate of drug-likeness (QED) is 0.419. The molecule has 0 radical (unpaired) electrons. The lowest BCUT2D eigenvalue weighted by molar-refractivity contribution is -0.0698. The Morgan fingerprint density at radius 2 is 1.74 bits per heavy atom. The summed E-state index contributed by atoms with van der Waals surface area (Å²) < 4.78 is 49.5. The predicted molar refractivity (Wildman–Crippen MR) is 142 cm³/mol. The van der Waals surface area contributed by atoms with Crippen LogP contribution in [0, 0.1) is 11.8 Å². The van der Waals surface area contributed by atoms with Crippen molar-refractivity contribution in [3.63, 3.8) is 0 Å². The van der Waals surface area contributed by atoms with Gasteiger partial charge in [-0.2, -0.15) is 13.2 Å². The summed E-state index contributed by atoms with van der Waals surface area (Å²) in [5.74, 6) is 4.38. The first kappa shape index (κ1) is 29.4. The van der Waals surface area contributed by atoms with Crippen molar-refractivity contribution in [3.05, 3.63) is 65.2 Å². The van der Waals surface area contributed by atoms with Crippen molar-refractivity contribution < 1.29 is 27.4 Å². The summed E-state index contributed by atoms with van der Waals surface area (Å²) in [4.78, 5) is 15.0. The average Bonchev–Trinajstić information content (AvgIpc) is 2.85. The van der Waals surface area contributed by atoms with Crippen LogP contribution in [0.15, 0.2) is 48.5 Å². The van der Waals surface area contributed by atoms with E-state index < -0.39 is 17.2 Å². The molecule has 0 aromatic heterocycles. The Labute approximate surface area is 223 Å². The minimum absolute atomic E-state index is 0.0786. The zero-order chi connectivity index (χ0) is 28.1. The highest BCUT2D eigenvalue weighted by Crippen LogP contribution is 2.34. The second kappa shape index (κ2) is 11.7. The van der Waals surface area contributed by atoms with E-state index in [0.29, 0.717) is 24.4 Å². The lowest BCUT2D eigenvalue weighted by Gasteiger charge is -2.42. The smallest absolute Gasteiger partial charge is 0.457 e. The number of likely N-dealkylation sites (tertiary alicyclic amines) is 1. The van der Waals surface area contributed by atoms with Crippen LogP contribution in [0.25, 0.3) is 0 Å². The number of carbonyl (C=O) groups excluding carboxylic acids is 1. The van der Waals surface area contributed by atoms with Gasteiger partial charge in [-0.05, 0) is 70.7 Å². The van der Waals surface area contributed by atoms with Crippen LogP contribution in [0.1, 0.15) is 70.2 Å². The molecule has 0 aliphatic carbocycles. The number of alkyl halides is 3. The van der Waals surface area contributed by atoms with Crippen LogP contribution in [-0.4, -0.2) is 42.5 Å². The largest absolute Gasteiger partial charge is 0.496 e. The molecule has 2 unspecified atom stereocenters. The number of carbonyl (C=O) groups is 1. The second-order valence-corrected chi connectivity index (χ2v) is 11.1. The maximum Gasteiger partial charge on any atom is 0.457 e. The normalized spacial score (nSPS) is 18.4. The highest BCUT2D eigenvalue weighted by atomic mass is 19.4. The van der Waals surface area contributed by atoms with E-state index >= 15 is 0 Å². The number of ether oxygens (including phenoxy) is 2. The van der Waals surface area contributed by atoms with E-state index in [1.807, 2.05) is 57.2 Å². The van der Waals surface area contributed by atoms with E-state index in [4.69, 9.17) is 9.47 Å². The van der Waals surface area contributed by atoms with Crippen molar-refractivity contribution in [1.82, 2.24) is 10.2 Å². The zero-order valence-corrected chi connectivity index (χ0v) is 22.9. The standard InChI is InChI=1S/C30H37F3N2O3/c1-28(2,3)38-27(36)35-18-10-13-24(26(35)21-11-8-7-9-12-21)34-20-22-19-23(14-15-25(22)37-6)29(4,5)16-17-30(31,32)33/h7-9,11-12,14-15,19,24,26,34H,10,13,18,20H2,1-6H3. The second-order valence-electron chi connectivity index (χ2n) is 11.1. The SMILES string of the molecule is COc1ccc(C(C)(C)C#CC(F)(F)F)cc1CNC1CCCN(C(=O)OC(C)(C)C)C1c1ccccc1. The number of piperidine rings is 1. The molecule has 0 bridgehead atoms. The first-order valence-corrected chi connectivity index (χ1v) is 12.8. The van der Waals surface area contributed by atoms with E-state index in [0.717, 1.165) is 24.0 Å². The highest BCUT2D eigenvalue weighted by molar-refractivity contribution is 5.69. The lowest BCUT2D eigenvalue weighted by atomic mass is 9.84. The molecule has 38 heavy (non-hydrogen) atoms. The van der Waals surface area contributed by atoms with Gasteiger partial charge in [0.15, 0.2) is 0 Å². The van der Waals surface area contributed by atoms with Crippen LogP contribution in [0.2, 0.25) is 0 Å². The molecular weight excluding hydrogens is 493 g/mol. The van der Waals surface area contributed by atoms with Gasteiger partial charge in [0.05, 0.1) is 18.6 Å². The minimum Gasteiger partial charge on any atom is -0.496 e. The maximum atomic E-state index is 13.2. The summed E-state index contributed by atoms with van der Waals surface area (Å²) in [5, 5.41) is 3.60. The fourth-order valence-corrected chi connectivity index (χ4v) is 4.64. The molecule has 1 N–H and O–H groups in total. The van der Waals surface area contributed by atoms with Crippen molar-refractivity contribution in [3.8, 4) is 17.6 Å². The van der Waals surface area contributed by atoms with Crippen LogP contribution in [0.5, 0.6) is 5.75 Å². The number of amides is 1. The average molecular weight is 531 g/mol. The van der Waals surface area contributed by atoms with Gasteiger partial charge in [-0.15, -0.1) is 0 Å². The Hall–Kier alpha value is -3.18. The number of halogens is 3. The Morgan fingerprint density at radius 3 is 2.34 bits per heavy atom. The third-order valence-corrected chi connectivity index (χ3v) is 6.47. The van der Waals surface area contributed by atoms with Crippen molar-refractivity contribution in [2.75, 3.05) is 13.7 Å². The molecule has 3 rings (SSSR count). The monoisotopic (exact) mass is 530 g/mol. The maximum absolute atomic E-state index is 13.2. The Bertz CT molecular complexity index is 1160. The predicted octanol–water partition coefficient (Wildman–Crippen LogP) is 6.77. The van der Waals surface area contributed by atoms with Gasteiger partial charge in [-0.3, -0.25) is 4.90 Å². The Kier molecular flexibility index (Phi) is 9.04. The van der Waals surface area contributed by atoms with Crippen LogP contribution < -0.4 is 10.1 Å². The highest BCUT2D eigenvalue weighted by Gasteiger charge is 2.37. The topological polar surface area (TPSA) is 50.8 Å². The molecular formula is C30H37F3N2O3. The molecule has 1 aliphatic heterocycles. The van der Waals surface area contributed by atoms with Gasteiger partial charge in [0.2, 0.25) is 0 Å². The fraction of sp³-hybridized carbons (Fsp3) is 0.500. The first-order chi connectivity index (χ1) is 17.7. The van der Waals surface area contributed by atoms with Crippen molar-refractivity contribution in [2.24, 2.45) is 0 Å². The summed E-state index contributed by atoms with van der Waals surface area (Å²) in [5.41, 5.74) is 0.828. The summed E-state index contributed by atoms with van der Waals surface area (Å²) in [7, 11) is 1.56. The molecule has 1 fully saturated rings. The zero-order valence-electron chi connectivity index (χ0n) is 22.9. The minimum atomic E-state index is -4.55. The number of nitrogens with zero attached hydrogens (tertiary/aromatic N) is 1. The van der Waals surface area contributed by atoms with Crippen molar-refractivity contribution in [1.29, 1.82) is 0 Å². The molecule has 1 amide bonds. The Morgan fingerprint density at radius 1 is 1.05 bits per heavy atom. The molecule has 2 aromatic carbocycles. The van der Waals surface area contributed by atoms with E-state index in [-0.39, 0.29) is 18.2 Å². The number of benzene rings is 2. The summed E-state index contributed by atoms with van der Waals surface area (Å²) >= 11 is 0.